The number of halogens is 1. The van der Waals surface area contributed by atoms with Crippen LogP contribution >= 0.6 is 0 Å². The van der Waals surface area contributed by atoms with E-state index in [4.69, 9.17) is 4.42 Å². The van der Waals surface area contributed by atoms with E-state index in [1.807, 2.05) is 19.0 Å². The molecule has 0 N–H and O–H groups in total. The van der Waals surface area contributed by atoms with E-state index >= 15 is 0 Å². The van der Waals surface area contributed by atoms with Crippen LogP contribution in [0.5, 0.6) is 0 Å². The van der Waals surface area contributed by atoms with Gasteiger partial charge in [-0.15, -0.1) is 0 Å². The number of carbonyl (C=O) groups excluding carboxylic acids is 1. The van der Waals surface area contributed by atoms with Gasteiger partial charge in [-0.3, -0.25) is 19.7 Å². The molecule has 9 heteroatoms. The normalized spacial score (nSPS) is 15.7. The van der Waals surface area contributed by atoms with Gasteiger partial charge in [0.25, 0.3) is 11.6 Å². The molecule has 8 nitrogen and oxygen atoms in total. The molecule has 1 aliphatic rings. The molecule has 160 valence electrons. The number of hydrogen-bond acceptors (Lipinski definition) is 6. The number of nitro groups is 1. The fraction of sp³-hybridized carbons (Fsp3) is 0.273. The van der Waals surface area contributed by atoms with Gasteiger partial charge in [0.2, 0.25) is 5.76 Å². The van der Waals surface area contributed by atoms with E-state index in [1.54, 1.807) is 6.07 Å². The smallest absolute Gasteiger partial charge is 0.290 e. The maximum atomic E-state index is 13.8. The van der Waals surface area contributed by atoms with Crippen LogP contribution in [-0.2, 0) is 0 Å². The van der Waals surface area contributed by atoms with Gasteiger partial charge in [0, 0.05) is 18.7 Å². The summed E-state index contributed by atoms with van der Waals surface area (Å²) in [5, 5.41) is 11.3. The minimum atomic E-state index is -0.853. The number of amides is 1. The summed E-state index contributed by atoms with van der Waals surface area (Å²) in [4.78, 5) is 40.7. The van der Waals surface area contributed by atoms with Crippen molar-refractivity contribution in [3.05, 3.63) is 85.5 Å². The van der Waals surface area contributed by atoms with Crippen molar-refractivity contribution in [2.45, 2.75) is 12.5 Å². The number of fused-ring (bicyclic) bond motifs is 2. The van der Waals surface area contributed by atoms with Gasteiger partial charge < -0.3 is 14.2 Å². The van der Waals surface area contributed by atoms with Crippen molar-refractivity contribution in [3.8, 4) is 0 Å². The lowest BCUT2D eigenvalue weighted by Gasteiger charge is -2.25. The molecule has 0 aliphatic carbocycles. The van der Waals surface area contributed by atoms with Gasteiger partial charge in [0.1, 0.15) is 11.4 Å². The zero-order valence-corrected chi connectivity index (χ0v) is 17.0. The van der Waals surface area contributed by atoms with Gasteiger partial charge in [-0.25, -0.2) is 4.39 Å². The molecule has 0 fully saturated rings. The summed E-state index contributed by atoms with van der Waals surface area (Å²) >= 11 is 0. The first-order chi connectivity index (χ1) is 14.8. The van der Waals surface area contributed by atoms with E-state index in [2.05, 4.69) is 0 Å². The Morgan fingerprint density at radius 2 is 1.97 bits per heavy atom. The first kappa shape index (κ1) is 20.7. The molecule has 31 heavy (non-hydrogen) atoms. The van der Waals surface area contributed by atoms with Gasteiger partial charge in [0.15, 0.2) is 5.43 Å². The van der Waals surface area contributed by atoms with Crippen LogP contribution in [-0.4, -0.2) is 47.8 Å². The van der Waals surface area contributed by atoms with Gasteiger partial charge in [-0.2, -0.15) is 0 Å². The molecule has 3 aromatic rings. The summed E-state index contributed by atoms with van der Waals surface area (Å²) in [7, 11) is 3.82. The number of carbonyl (C=O) groups is 1. The first-order valence-corrected chi connectivity index (χ1v) is 9.74. The van der Waals surface area contributed by atoms with Crippen LogP contribution in [0.25, 0.3) is 11.0 Å². The van der Waals surface area contributed by atoms with Gasteiger partial charge in [0.05, 0.1) is 21.9 Å². The van der Waals surface area contributed by atoms with E-state index in [0.717, 1.165) is 12.1 Å². The largest absolute Gasteiger partial charge is 0.450 e. The zero-order valence-electron chi connectivity index (χ0n) is 17.0. The monoisotopic (exact) mass is 425 g/mol. The summed E-state index contributed by atoms with van der Waals surface area (Å²) in [5.41, 5.74) is -0.0485. The number of nitro benzene ring substituents is 1. The minimum Gasteiger partial charge on any atom is -0.450 e. The maximum Gasteiger partial charge on any atom is 0.290 e. The standard InChI is InChI=1S/C22H20FN3O5/c1-24(2)9-4-10-25-19(13-5-3-6-15(11-13)26(29)30)18-20(27)16-12-14(23)7-8-17(16)31-21(18)22(25)28/h3,5-8,11-12,19H,4,9-10H2,1-2H3/t19-/m0/s1. The Balaban J connectivity index is 1.90. The highest BCUT2D eigenvalue weighted by atomic mass is 19.1. The Labute approximate surface area is 176 Å². The van der Waals surface area contributed by atoms with Crippen LogP contribution in [0.15, 0.2) is 51.7 Å². The lowest BCUT2D eigenvalue weighted by Crippen LogP contribution is -2.32. The molecule has 2 heterocycles. The van der Waals surface area contributed by atoms with Crippen LogP contribution in [0, 0.1) is 15.9 Å². The summed E-state index contributed by atoms with van der Waals surface area (Å²) in [6.07, 6.45) is 0.625. The molecule has 2 aromatic carbocycles. The first-order valence-electron chi connectivity index (χ1n) is 9.74. The molecule has 4 rings (SSSR count). The fourth-order valence-electron chi connectivity index (χ4n) is 3.94. The number of rotatable bonds is 6. The maximum absolute atomic E-state index is 13.8. The Kier molecular flexibility index (Phi) is 5.28. The SMILES string of the molecule is CN(C)CCCN1C(=O)c2oc3ccc(F)cc3c(=O)c2[C@@H]1c1cccc([N+](=O)[O-])c1. The third-order valence-electron chi connectivity index (χ3n) is 5.33. The van der Waals surface area contributed by atoms with Crippen LogP contribution < -0.4 is 5.43 Å². The Bertz CT molecular complexity index is 1250. The van der Waals surface area contributed by atoms with Crippen LogP contribution in [0.1, 0.15) is 34.1 Å². The molecule has 0 saturated carbocycles. The van der Waals surface area contributed by atoms with Crippen molar-refractivity contribution >= 4 is 22.6 Å². The molecule has 1 aromatic heterocycles. The number of benzene rings is 2. The number of hydrogen-bond donors (Lipinski definition) is 0. The van der Waals surface area contributed by atoms with E-state index < -0.39 is 28.1 Å². The second-order valence-corrected chi connectivity index (χ2v) is 7.72. The third kappa shape index (κ3) is 3.68. The highest BCUT2D eigenvalue weighted by Gasteiger charge is 2.42. The highest BCUT2D eigenvalue weighted by Crippen LogP contribution is 2.39. The topological polar surface area (TPSA) is 96.9 Å². The van der Waals surface area contributed by atoms with E-state index in [0.29, 0.717) is 25.1 Å². The Hall–Kier alpha value is -3.59. The predicted octanol–water partition coefficient (Wildman–Crippen LogP) is 3.34. The minimum absolute atomic E-state index is 0.0251. The molecule has 0 bridgehead atoms. The van der Waals surface area contributed by atoms with Crippen LogP contribution in [0.3, 0.4) is 0 Å². The van der Waals surface area contributed by atoms with Crippen LogP contribution in [0.2, 0.25) is 0 Å². The van der Waals surface area contributed by atoms with E-state index in [1.165, 1.54) is 29.2 Å². The summed E-state index contributed by atoms with van der Waals surface area (Å²) in [6.45, 7) is 1.02. The molecule has 0 radical (unpaired) electrons. The molecule has 0 unspecified atom stereocenters. The Morgan fingerprint density at radius 3 is 2.68 bits per heavy atom. The Morgan fingerprint density at radius 1 is 1.19 bits per heavy atom. The van der Waals surface area contributed by atoms with Crippen LogP contribution in [0.4, 0.5) is 10.1 Å². The van der Waals surface area contributed by atoms with Crippen molar-refractivity contribution in [2.75, 3.05) is 27.2 Å². The lowest BCUT2D eigenvalue weighted by atomic mass is 9.98. The van der Waals surface area contributed by atoms with Crippen molar-refractivity contribution < 1.29 is 18.5 Å². The average molecular weight is 425 g/mol. The second kappa shape index (κ2) is 7.92. The van der Waals surface area contributed by atoms with Gasteiger partial charge in [-0.1, -0.05) is 12.1 Å². The molecular formula is C22H20FN3O5. The van der Waals surface area contributed by atoms with E-state index in [9.17, 15) is 24.1 Å². The molecule has 1 aliphatic heterocycles. The second-order valence-electron chi connectivity index (χ2n) is 7.72. The van der Waals surface area contributed by atoms with E-state index in [-0.39, 0.29) is 28.0 Å². The summed E-state index contributed by atoms with van der Waals surface area (Å²) in [6, 6.07) is 8.53. The quantitative estimate of drug-likeness (QED) is 0.444. The van der Waals surface area contributed by atoms with Crippen molar-refractivity contribution in [1.82, 2.24) is 9.80 Å². The van der Waals surface area contributed by atoms with Gasteiger partial charge >= 0.3 is 0 Å². The van der Waals surface area contributed by atoms with Crippen molar-refractivity contribution in [1.29, 1.82) is 0 Å². The zero-order chi connectivity index (χ0) is 22.3. The molecule has 0 spiro atoms. The number of nitrogens with zero attached hydrogens (tertiary/aromatic N) is 3. The molecule has 0 saturated heterocycles. The highest BCUT2D eigenvalue weighted by molar-refractivity contribution is 5.99. The lowest BCUT2D eigenvalue weighted by molar-refractivity contribution is -0.384. The number of non-ortho nitro benzene ring substituents is 1. The summed E-state index contributed by atoms with van der Waals surface area (Å²) < 4.78 is 19.5. The van der Waals surface area contributed by atoms with Gasteiger partial charge in [-0.05, 0) is 50.8 Å². The third-order valence-corrected chi connectivity index (χ3v) is 5.33. The fourth-order valence-corrected chi connectivity index (χ4v) is 3.94. The van der Waals surface area contributed by atoms with Crippen molar-refractivity contribution in [3.63, 3.8) is 0 Å². The van der Waals surface area contributed by atoms with Crippen molar-refractivity contribution in [2.24, 2.45) is 0 Å². The molecule has 1 amide bonds. The molecular weight excluding hydrogens is 405 g/mol. The predicted molar refractivity (Wildman–Crippen MR) is 112 cm³/mol. The average Bonchev–Trinajstić information content (AvgIpc) is 3.01. The molecule has 1 atom stereocenters. The summed E-state index contributed by atoms with van der Waals surface area (Å²) in [5.74, 6) is -1.17.